The van der Waals surface area contributed by atoms with Gasteiger partial charge in [0.25, 0.3) is 0 Å². The van der Waals surface area contributed by atoms with Crippen LogP contribution in [0.5, 0.6) is 0 Å². The number of nitrogens with zero attached hydrogens (tertiary/aromatic N) is 5. The van der Waals surface area contributed by atoms with Crippen LogP contribution in [0.25, 0.3) is 16.8 Å². The number of benzene rings is 2. The second kappa shape index (κ2) is 9.19. The minimum atomic E-state index is -0.493. The van der Waals surface area contributed by atoms with Crippen LogP contribution in [0.4, 0.5) is 0 Å². The molecular formula is C26H23ClN6O. The van der Waals surface area contributed by atoms with Crippen molar-refractivity contribution < 1.29 is 4.79 Å². The van der Waals surface area contributed by atoms with Crippen LogP contribution in [0.1, 0.15) is 42.2 Å². The van der Waals surface area contributed by atoms with E-state index in [9.17, 15) is 4.79 Å². The van der Waals surface area contributed by atoms with Gasteiger partial charge in [-0.25, -0.2) is 0 Å². The Bertz CT molecular complexity index is 1380. The molecule has 2 aromatic heterocycles. The van der Waals surface area contributed by atoms with E-state index < -0.39 is 6.04 Å². The molecule has 0 radical (unpaired) electrons. The number of carbonyl (C=O) groups is 1. The van der Waals surface area contributed by atoms with Crippen LogP contribution >= 0.6 is 11.6 Å². The molecule has 1 atom stereocenters. The third-order valence-corrected chi connectivity index (χ3v) is 6.04. The fourth-order valence-corrected chi connectivity index (χ4v) is 4.35. The van der Waals surface area contributed by atoms with Gasteiger partial charge in [-0.15, -0.1) is 10.2 Å². The summed E-state index contributed by atoms with van der Waals surface area (Å²) in [4.78, 5) is 21.9. The highest BCUT2D eigenvalue weighted by molar-refractivity contribution is 6.30. The molecular weight excluding hydrogens is 448 g/mol. The average Bonchev–Trinajstić information content (AvgIpc) is 3.17. The SMILES string of the molecule is CCNC(=O)CC1N=C(c2ccc(Cl)cc2)c2cc(-c3cccnc3)ccc2-n2c(C)nnc21. The third-order valence-electron chi connectivity index (χ3n) is 5.79. The monoisotopic (exact) mass is 470 g/mol. The summed E-state index contributed by atoms with van der Waals surface area (Å²) in [6, 6.07) is 17.3. The van der Waals surface area contributed by atoms with Gasteiger partial charge < -0.3 is 5.32 Å². The quantitative estimate of drug-likeness (QED) is 0.457. The van der Waals surface area contributed by atoms with E-state index in [-0.39, 0.29) is 12.3 Å². The Morgan fingerprint density at radius 2 is 1.85 bits per heavy atom. The highest BCUT2D eigenvalue weighted by atomic mass is 35.5. The number of fused-ring (bicyclic) bond motifs is 3. The summed E-state index contributed by atoms with van der Waals surface area (Å²) in [6.07, 6.45) is 3.77. The van der Waals surface area contributed by atoms with Gasteiger partial charge in [0.1, 0.15) is 11.9 Å². The lowest BCUT2D eigenvalue weighted by atomic mass is 9.96. The van der Waals surface area contributed by atoms with Crippen LogP contribution in [-0.2, 0) is 4.79 Å². The van der Waals surface area contributed by atoms with Gasteiger partial charge in [0.15, 0.2) is 5.82 Å². The number of aliphatic imine (C=N–C) groups is 1. The lowest BCUT2D eigenvalue weighted by molar-refractivity contribution is -0.121. The van der Waals surface area contributed by atoms with Gasteiger partial charge in [-0.05, 0) is 49.7 Å². The van der Waals surface area contributed by atoms with E-state index in [1.807, 2.05) is 61.0 Å². The number of amides is 1. The lowest BCUT2D eigenvalue weighted by Crippen LogP contribution is -2.25. The van der Waals surface area contributed by atoms with E-state index in [1.165, 1.54) is 0 Å². The molecule has 8 heteroatoms. The van der Waals surface area contributed by atoms with Crippen LogP contribution < -0.4 is 5.32 Å². The van der Waals surface area contributed by atoms with Gasteiger partial charge in [0.2, 0.25) is 5.91 Å². The largest absolute Gasteiger partial charge is 0.356 e. The smallest absolute Gasteiger partial charge is 0.222 e. The zero-order chi connectivity index (χ0) is 23.7. The molecule has 34 heavy (non-hydrogen) atoms. The Hall–Kier alpha value is -3.84. The van der Waals surface area contributed by atoms with Crippen LogP contribution in [0.2, 0.25) is 5.02 Å². The highest BCUT2D eigenvalue weighted by Crippen LogP contribution is 2.34. The molecule has 170 valence electrons. The molecule has 1 unspecified atom stereocenters. The lowest BCUT2D eigenvalue weighted by Gasteiger charge is -2.14. The average molecular weight is 471 g/mol. The number of halogens is 1. The van der Waals surface area contributed by atoms with E-state index >= 15 is 0 Å². The molecule has 0 bridgehead atoms. The molecule has 3 heterocycles. The van der Waals surface area contributed by atoms with Gasteiger partial charge >= 0.3 is 0 Å². The predicted molar refractivity (Wildman–Crippen MR) is 132 cm³/mol. The second-order valence-corrected chi connectivity index (χ2v) is 8.51. The van der Waals surface area contributed by atoms with Gasteiger partial charge in [-0.1, -0.05) is 35.9 Å². The summed E-state index contributed by atoms with van der Waals surface area (Å²) in [5.41, 5.74) is 5.54. The molecule has 5 rings (SSSR count). The van der Waals surface area contributed by atoms with E-state index in [1.54, 1.807) is 6.20 Å². The third kappa shape index (κ3) is 4.10. The fraction of sp³-hybridized carbons (Fsp3) is 0.192. The van der Waals surface area contributed by atoms with Crippen molar-refractivity contribution >= 4 is 23.2 Å². The summed E-state index contributed by atoms with van der Waals surface area (Å²) < 4.78 is 2.00. The molecule has 1 aliphatic rings. The summed E-state index contributed by atoms with van der Waals surface area (Å²) >= 11 is 6.17. The van der Waals surface area contributed by atoms with Crippen molar-refractivity contribution in [3.05, 3.63) is 94.8 Å². The molecule has 0 fully saturated rings. The van der Waals surface area contributed by atoms with Crippen LogP contribution in [0.15, 0.2) is 72.0 Å². The molecule has 1 N–H and O–H groups in total. The number of hydrogen-bond donors (Lipinski definition) is 1. The van der Waals surface area contributed by atoms with E-state index in [4.69, 9.17) is 16.6 Å². The summed E-state index contributed by atoms with van der Waals surface area (Å²) in [6.45, 7) is 4.36. The normalized spacial score (nSPS) is 14.6. The number of hydrogen-bond acceptors (Lipinski definition) is 5. The van der Waals surface area contributed by atoms with Crippen molar-refractivity contribution in [2.24, 2.45) is 4.99 Å². The minimum Gasteiger partial charge on any atom is -0.356 e. The Morgan fingerprint density at radius 3 is 2.59 bits per heavy atom. The van der Waals surface area contributed by atoms with E-state index in [2.05, 4.69) is 38.7 Å². The number of rotatable bonds is 5. The first-order valence-electron chi connectivity index (χ1n) is 11.1. The second-order valence-electron chi connectivity index (χ2n) is 8.07. The van der Waals surface area contributed by atoms with Gasteiger partial charge in [-0.3, -0.25) is 19.3 Å². The Balaban J connectivity index is 1.75. The molecule has 1 aliphatic heterocycles. The molecule has 0 saturated heterocycles. The first-order valence-corrected chi connectivity index (χ1v) is 11.5. The van der Waals surface area contributed by atoms with Crippen molar-refractivity contribution in [3.8, 4) is 16.8 Å². The first kappa shape index (κ1) is 22.0. The Morgan fingerprint density at radius 1 is 1.06 bits per heavy atom. The summed E-state index contributed by atoms with van der Waals surface area (Å²) in [7, 11) is 0. The number of aryl methyl sites for hydroxylation is 1. The zero-order valence-electron chi connectivity index (χ0n) is 18.9. The first-order chi connectivity index (χ1) is 16.5. The molecule has 4 aromatic rings. The molecule has 0 saturated carbocycles. The van der Waals surface area contributed by atoms with Crippen LogP contribution in [0, 0.1) is 6.92 Å². The fourth-order valence-electron chi connectivity index (χ4n) is 4.23. The maximum Gasteiger partial charge on any atom is 0.222 e. The molecule has 0 aliphatic carbocycles. The van der Waals surface area contributed by atoms with E-state index in [0.29, 0.717) is 17.4 Å². The van der Waals surface area contributed by atoms with Crippen molar-refractivity contribution in [2.75, 3.05) is 6.54 Å². The van der Waals surface area contributed by atoms with Crippen molar-refractivity contribution in [2.45, 2.75) is 26.3 Å². The molecule has 1 amide bonds. The molecule has 7 nitrogen and oxygen atoms in total. The summed E-state index contributed by atoms with van der Waals surface area (Å²) in [5, 5.41) is 12.3. The predicted octanol–water partition coefficient (Wildman–Crippen LogP) is 4.71. The topological polar surface area (TPSA) is 85.1 Å². The number of pyridine rings is 1. The molecule has 2 aromatic carbocycles. The maximum atomic E-state index is 12.6. The number of carbonyl (C=O) groups excluding carboxylic acids is 1. The standard InChI is InChI=1S/C26H23ClN6O/c1-3-29-24(34)14-22-26-32-31-16(2)33(26)23-11-8-18(19-5-4-12-28-15-19)13-21(23)25(30-22)17-6-9-20(27)10-7-17/h4-13,15,22H,3,14H2,1-2H3,(H,29,34). The van der Waals surface area contributed by atoms with Gasteiger partial charge in [-0.2, -0.15) is 0 Å². The van der Waals surface area contributed by atoms with Crippen LogP contribution in [-0.4, -0.2) is 37.9 Å². The highest BCUT2D eigenvalue weighted by Gasteiger charge is 2.29. The Labute approximate surface area is 202 Å². The van der Waals surface area contributed by atoms with Gasteiger partial charge in [0.05, 0.1) is 17.8 Å². The number of aromatic nitrogens is 4. The maximum absolute atomic E-state index is 12.6. The Kier molecular flexibility index (Phi) is 5.94. The van der Waals surface area contributed by atoms with Crippen LogP contribution in [0.3, 0.4) is 0 Å². The van der Waals surface area contributed by atoms with E-state index in [0.717, 1.165) is 39.5 Å². The zero-order valence-corrected chi connectivity index (χ0v) is 19.6. The summed E-state index contributed by atoms with van der Waals surface area (Å²) in [5.74, 6) is 1.29. The van der Waals surface area contributed by atoms with Crippen molar-refractivity contribution in [1.82, 2.24) is 25.1 Å². The molecule has 0 spiro atoms. The van der Waals surface area contributed by atoms with Crippen molar-refractivity contribution in [1.29, 1.82) is 0 Å². The number of nitrogens with one attached hydrogen (secondary N) is 1. The van der Waals surface area contributed by atoms with Crippen molar-refractivity contribution in [3.63, 3.8) is 0 Å². The van der Waals surface area contributed by atoms with Gasteiger partial charge in [0, 0.05) is 40.7 Å². The minimum absolute atomic E-state index is 0.0825.